The second-order valence-electron chi connectivity index (χ2n) is 10.6. The normalized spacial score (nSPS) is 66.3. The molecule has 0 aromatic rings. The predicted octanol–water partition coefficient (Wildman–Crippen LogP) is 1.87. The third-order valence-electron chi connectivity index (χ3n) is 9.89. The zero-order valence-electron chi connectivity index (χ0n) is 16.2. The molecule has 6 fully saturated rings. The van der Waals surface area contributed by atoms with Crippen molar-refractivity contribution < 1.29 is 28.5 Å². The smallest absolute Gasteiger partial charge is 0.334 e. The lowest BCUT2D eigenvalue weighted by molar-refractivity contribution is -0.136. The van der Waals surface area contributed by atoms with Crippen LogP contribution in [0.1, 0.15) is 40.0 Å². The van der Waals surface area contributed by atoms with E-state index >= 15 is 0 Å². The van der Waals surface area contributed by atoms with Crippen molar-refractivity contribution >= 4 is 17.6 Å². The molecule has 0 amide bonds. The molecule has 150 valence electrons. The summed E-state index contributed by atoms with van der Waals surface area (Å²) in [5.41, 5.74) is -0.332. The van der Waals surface area contributed by atoms with Crippen LogP contribution in [-0.2, 0) is 28.5 Å². The van der Waals surface area contributed by atoms with Gasteiger partial charge in [-0.1, -0.05) is 20.8 Å². The largest absolute Gasteiger partial charge is 0.458 e. The molecule has 28 heavy (non-hydrogen) atoms. The highest BCUT2D eigenvalue weighted by molar-refractivity contribution is 6.28. The summed E-state index contributed by atoms with van der Waals surface area (Å²) < 4.78 is 31.4. The molecule has 2 saturated carbocycles. The summed E-state index contributed by atoms with van der Waals surface area (Å²) in [5, 5.41) is 0. The van der Waals surface area contributed by atoms with Gasteiger partial charge >= 0.3 is 5.97 Å². The van der Waals surface area contributed by atoms with Crippen LogP contribution >= 0.6 is 11.6 Å². The Labute approximate surface area is 167 Å². The number of ether oxygens (including phenoxy) is 5. The van der Waals surface area contributed by atoms with E-state index in [0.29, 0.717) is 32.0 Å². The maximum absolute atomic E-state index is 12.2. The molecule has 0 radical (unpaired) electrons. The fraction of sp³-hybridized carbons (Fsp3) is 0.857. The third-order valence-corrected chi connectivity index (χ3v) is 10.7. The highest BCUT2D eigenvalue weighted by atomic mass is 35.5. The van der Waals surface area contributed by atoms with Crippen LogP contribution in [-0.4, -0.2) is 64.8 Å². The van der Waals surface area contributed by atoms with E-state index in [0.717, 1.165) is 17.6 Å². The lowest BCUT2D eigenvalue weighted by atomic mass is 9.44. The summed E-state index contributed by atoms with van der Waals surface area (Å²) in [5.74, 6) is 0.129. The summed E-state index contributed by atoms with van der Waals surface area (Å²) in [6.07, 6.45) is 2.13. The van der Waals surface area contributed by atoms with Crippen molar-refractivity contribution in [3.05, 3.63) is 11.1 Å². The Morgan fingerprint density at radius 1 is 1.14 bits per heavy atom. The molecular weight excluding hydrogens is 384 g/mol. The van der Waals surface area contributed by atoms with Gasteiger partial charge in [0.1, 0.15) is 30.0 Å². The Kier molecular flexibility index (Phi) is 2.21. The van der Waals surface area contributed by atoms with Gasteiger partial charge in [-0.3, -0.25) is 0 Å². The van der Waals surface area contributed by atoms with E-state index in [1.54, 1.807) is 0 Å². The van der Waals surface area contributed by atoms with Crippen molar-refractivity contribution in [2.24, 2.45) is 11.3 Å². The number of alkyl halides is 1. The monoisotopic (exact) mass is 406 g/mol. The molecule has 0 aromatic carbocycles. The first-order valence-corrected chi connectivity index (χ1v) is 10.9. The second kappa shape index (κ2) is 3.84. The molecule has 0 N–H and O–H groups in total. The van der Waals surface area contributed by atoms with Gasteiger partial charge < -0.3 is 23.7 Å². The van der Waals surface area contributed by atoms with Crippen LogP contribution in [0.25, 0.3) is 0 Å². The van der Waals surface area contributed by atoms with E-state index < -0.39 is 21.7 Å². The van der Waals surface area contributed by atoms with Crippen LogP contribution in [0.15, 0.2) is 11.1 Å². The Balaban J connectivity index is 1.35. The average molecular weight is 407 g/mol. The maximum Gasteiger partial charge on any atom is 0.334 e. The lowest BCUT2D eigenvalue weighted by Gasteiger charge is -2.57. The van der Waals surface area contributed by atoms with Crippen LogP contribution < -0.4 is 0 Å². The van der Waals surface area contributed by atoms with Crippen LogP contribution in [0.5, 0.6) is 0 Å². The number of rotatable bonds is 1. The van der Waals surface area contributed by atoms with Gasteiger partial charge in [0, 0.05) is 17.4 Å². The topological polar surface area (TPSA) is 76.4 Å². The average Bonchev–Trinajstić information content (AvgIpc) is 3.47. The van der Waals surface area contributed by atoms with E-state index in [4.69, 9.17) is 35.3 Å². The van der Waals surface area contributed by atoms with Gasteiger partial charge in [-0.25, -0.2) is 4.79 Å². The first-order chi connectivity index (χ1) is 13.3. The molecule has 3 aliphatic carbocycles. The molecule has 8 rings (SSSR count). The van der Waals surface area contributed by atoms with Crippen LogP contribution in [0.2, 0.25) is 0 Å². The first-order valence-electron chi connectivity index (χ1n) is 10.5. The number of carbonyl (C=O) groups excluding carboxylic acids is 1. The number of carbonyl (C=O) groups is 1. The van der Waals surface area contributed by atoms with E-state index in [1.165, 1.54) is 0 Å². The number of esters is 1. The number of hydrogen-bond acceptors (Lipinski definition) is 6. The molecule has 5 heterocycles. The fourth-order valence-corrected chi connectivity index (χ4v) is 9.05. The molecule has 3 spiro atoms. The van der Waals surface area contributed by atoms with Crippen molar-refractivity contribution in [1.82, 2.24) is 0 Å². The van der Waals surface area contributed by atoms with Gasteiger partial charge in [-0.15, -0.1) is 11.6 Å². The van der Waals surface area contributed by atoms with Crippen molar-refractivity contribution in [1.29, 1.82) is 0 Å². The Hall–Kier alpha value is -0.660. The first kappa shape index (κ1) is 16.1. The van der Waals surface area contributed by atoms with Crippen molar-refractivity contribution in [3.63, 3.8) is 0 Å². The molecular formula is C21H23ClO6. The van der Waals surface area contributed by atoms with Crippen molar-refractivity contribution in [3.8, 4) is 0 Å². The fourth-order valence-electron chi connectivity index (χ4n) is 8.50. The summed E-state index contributed by atoms with van der Waals surface area (Å²) in [6, 6.07) is 0. The quantitative estimate of drug-likeness (QED) is 0.376. The summed E-state index contributed by atoms with van der Waals surface area (Å²) in [7, 11) is 0. The third kappa shape index (κ3) is 1.11. The van der Waals surface area contributed by atoms with Gasteiger partial charge in [-0.2, -0.15) is 0 Å². The molecule has 0 bridgehead atoms. The van der Waals surface area contributed by atoms with Crippen molar-refractivity contribution in [2.75, 3.05) is 13.2 Å². The van der Waals surface area contributed by atoms with Crippen LogP contribution in [0.4, 0.5) is 0 Å². The number of epoxide rings is 4. The lowest BCUT2D eigenvalue weighted by Crippen LogP contribution is -2.74. The minimum absolute atomic E-state index is 0.0154. The predicted molar refractivity (Wildman–Crippen MR) is 94.9 cm³/mol. The highest BCUT2D eigenvalue weighted by Gasteiger charge is 3.08. The second-order valence-corrected chi connectivity index (χ2v) is 11.2. The molecule has 6 nitrogen and oxygen atoms in total. The highest BCUT2D eigenvalue weighted by Crippen LogP contribution is 2.89. The van der Waals surface area contributed by atoms with E-state index in [-0.39, 0.29) is 35.3 Å². The number of halogens is 1. The molecule has 0 aromatic heterocycles. The molecule has 8 aliphatic rings. The Bertz CT molecular complexity index is 941. The number of fused-ring (bicyclic) bond motifs is 5. The minimum atomic E-state index is -0.686. The van der Waals surface area contributed by atoms with E-state index in [1.807, 2.05) is 0 Å². The van der Waals surface area contributed by atoms with Gasteiger partial charge in [0.2, 0.25) is 0 Å². The number of hydrogen-bond donors (Lipinski definition) is 0. The molecule has 4 saturated heterocycles. The molecule has 5 aliphatic heterocycles. The zero-order valence-corrected chi connectivity index (χ0v) is 16.9. The standard InChI is InChI=1S/C21H23ClO6/c1-9(2)19-13(27-19)14-21(28-14)16(3)5-4-10-11(7-24-15(10)23)17(16,22)6-12-20(21,26-12)18(19)8-25-18/h9,12-14H,4-8H2,1-3H3/t12-,13-,14-,16-,17+,18-,19-,20+,21+/m0/s1. The number of cyclic esters (lactones) is 1. The van der Waals surface area contributed by atoms with E-state index in [9.17, 15) is 4.79 Å². The Morgan fingerprint density at radius 2 is 1.93 bits per heavy atom. The van der Waals surface area contributed by atoms with Crippen LogP contribution in [0, 0.1) is 11.3 Å². The molecule has 7 heteroatoms. The SMILES string of the molecule is CC(C)[C@]12O[C@H]1[C@@H]1O[C@@]13[C@@]1(C)CCC4=C(COC4=O)[C@]1(Cl)C[C@@H]1O[C@@]13[C@]21CO1. The molecule has 0 unspecified atom stereocenters. The minimum Gasteiger partial charge on any atom is -0.458 e. The van der Waals surface area contributed by atoms with E-state index in [2.05, 4.69) is 20.8 Å². The van der Waals surface area contributed by atoms with Gasteiger partial charge in [0.05, 0.1) is 17.6 Å². The Morgan fingerprint density at radius 3 is 2.64 bits per heavy atom. The summed E-state index contributed by atoms with van der Waals surface area (Å²) in [4.78, 5) is 11.6. The van der Waals surface area contributed by atoms with Gasteiger partial charge in [0.15, 0.2) is 11.2 Å². The van der Waals surface area contributed by atoms with Crippen molar-refractivity contribution in [2.45, 2.75) is 85.6 Å². The van der Waals surface area contributed by atoms with Gasteiger partial charge in [-0.05, 0) is 24.3 Å². The van der Waals surface area contributed by atoms with Gasteiger partial charge in [0.25, 0.3) is 0 Å². The maximum atomic E-state index is 12.2. The summed E-state index contributed by atoms with van der Waals surface area (Å²) in [6.45, 7) is 7.63. The summed E-state index contributed by atoms with van der Waals surface area (Å²) >= 11 is 7.48. The zero-order chi connectivity index (χ0) is 19.1. The van der Waals surface area contributed by atoms with Crippen LogP contribution in [0.3, 0.4) is 0 Å². The molecule has 9 atom stereocenters.